The monoisotopic (exact) mass is 236 g/mol. The summed E-state index contributed by atoms with van der Waals surface area (Å²) in [5.74, 6) is 1.44. The number of rotatable bonds is 4. The highest BCUT2D eigenvalue weighted by Gasteiger charge is 2.24. The summed E-state index contributed by atoms with van der Waals surface area (Å²) in [4.78, 5) is 2.49. The highest BCUT2D eigenvalue weighted by Crippen LogP contribution is 2.27. The first-order valence-corrected chi connectivity index (χ1v) is 6.66. The van der Waals surface area contributed by atoms with E-state index in [2.05, 4.69) is 24.0 Å². The predicted octanol–water partition coefficient (Wildman–Crippen LogP) is 1.98. The topological polar surface area (TPSA) is 47.1 Å². The molecule has 1 heterocycles. The molecule has 1 aromatic rings. The average molecular weight is 236 g/mol. The molecule has 1 aliphatic carbocycles. The number of hydrogen-bond donors (Lipinski definition) is 1. The summed E-state index contributed by atoms with van der Waals surface area (Å²) in [5, 5.41) is 4.21. The third kappa shape index (κ3) is 3.22. The van der Waals surface area contributed by atoms with Crippen LogP contribution in [0.4, 0.5) is 5.82 Å². The molecule has 0 radical (unpaired) electrons. The highest BCUT2D eigenvalue weighted by atomic mass is 15.3. The molecule has 4 nitrogen and oxygen atoms in total. The Hall–Kier alpha value is -1.03. The normalized spacial score (nSPS) is 25.4. The van der Waals surface area contributed by atoms with Crippen molar-refractivity contribution in [3.05, 3.63) is 12.3 Å². The van der Waals surface area contributed by atoms with Crippen LogP contribution in [0, 0.1) is 5.92 Å². The van der Waals surface area contributed by atoms with E-state index in [1.54, 1.807) is 0 Å². The summed E-state index contributed by atoms with van der Waals surface area (Å²) < 4.78 is 1.93. The Morgan fingerprint density at radius 3 is 2.88 bits per heavy atom. The maximum Gasteiger partial charge on any atom is 0.145 e. The van der Waals surface area contributed by atoms with E-state index in [0.29, 0.717) is 5.82 Å². The van der Waals surface area contributed by atoms with E-state index in [1.807, 2.05) is 16.9 Å². The molecule has 2 atom stereocenters. The van der Waals surface area contributed by atoms with E-state index in [0.717, 1.165) is 25.0 Å². The average Bonchev–Trinajstić information content (AvgIpc) is 2.73. The Balaban J connectivity index is 1.82. The van der Waals surface area contributed by atoms with E-state index >= 15 is 0 Å². The lowest BCUT2D eigenvalue weighted by Crippen LogP contribution is -2.40. The zero-order valence-electron chi connectivity index (χ0n) is 11.0. The minimum absolute atomic E-state index is 0.610. The fraction of sp³-hybridized carbons (Fsp3) is 0.769. The summed E-state index contributed by atoms with van der Waals surface area (Å²) in [7, 11) is 2.24. The van der Waals surface area contributed by atoms with Crippen molar-refractivity contribution < 1.29 is 0 Å². The van der Waals surface area contributed by atoms with Gasteiger partial charge in [-0.2, -0.15) is 5.10 Å². The first kappa shape index (κ1) is 12.4. The van der Waals surface area contributed by atoms with Crippen LogP contribution in [0.1, 0.15) is 32.6 Å². The Labute approximate surface area is 104 Å². The lowest BCUT2D eigenvalue weighted by atomic mass is 9.85. The van der Waals surface area contributed by atoms with Gasteiger partial charge in [-0.1, -0.05) is 19.8 Å². The molecule has 2 rings (SSSR count). The van der Waals surface area contributed by atoms with Crippen molar-refractivity contribution >= 4 is 5.82 Å². The van der Waals surface area contributed by atoms with Crippen molar-refractivity contribution in [2.75, 3.05) is 19.3 Å². The second-order valence-corrected chi connectivity index (χ2v) is 5.31. The molecule has 0 bridgehead atoms. The first-order valence-electron chi connectivity index (χ1n) is 6.66. The summed E-state index contributed by atoms with van der Waals surface area (Å²) in [6, 6.07) is 2.60. The number of likely N-dealkylation sites (N-methyl/N-ethyl adjacent to an activating group) is 1. The molecule has 17 heavy (non-hydrogen) atoms. The second kappa shape index (κ2) is 5.54. The number of nitrogens with zero attached hydrogens (tertiary/aromatic N) is 3. The van der Waals surface area contributed by atoms with Gasteiger partial charge in [0.2, 0.25) is 0 Å². The number of anilines is 1. The zero-order valence-corrected chi connectivity index (χ0v) is 11.0. The second-order valence-electron chi connectivity index (χ2n) is 5.31. The molecular formula is C13H24N4. The molecule has 1 fully saturated rings. The maximum absolute atomic E-state index is 5.60. The van der Waals surface area contributed by atoms with Gasteiger partial charge in [-0.05, 0) is 31.9 Å². The maximum atomic E-state index is 5.60. The van der Waals surface area contributed by atoms with Crippen molar-refractivity contribution in [2.45, 2.75) is 45.2 Å². The third-order valence-corrected chi connectivity index (χ3v) is 3.98. The molecule has 2 N–H and O–H groups in total. The molecule has 0 aromatic carbocycles. The summed E-state index contributed by atoms with van der Waals surface area (Å²) in [5.41, 5.74) is 5.60. The van der Waals surface area contributed by atoms with E-state index < -0.39 is 0 Å². The number of aromatic nitrogens is 2. The Kier molecular flexibility index (Phi) is 4.05. The van der Waals surface area contributed by atoms with Crippen LogP contribution in [0.2, 0.25) is 0 Å². The molecule has 0 amide bonds. The molecule has 96 valence electrons. The van der Waals surface area contributed by atoms with E-state index in [4.69, 9.17) is 5.73 Å². The van der Waals surface area contributed by atoms with Crippen LogP contribution in [-0.4, -0.2) is 34.3 Å². The summed E-state index contributed by atoms with van der Waals surface area (Å²) >= 11 is 0. The standard InChI is InChI=1S/C13H24N4/c1-11-5-3-4-6-12(11)16(2)9-10-17-8-7-13(14)15-17/h7-8,11-12H,3-6,9-10H2,1-2H3,(H2,14,15). The lowest BCUT2D eigenvalue weighted by Gasteiger charge is -2.36. The van der Waals surface area contributed by atoms with Crippen LogP contribution in [0.5, 0.6) is 0 Å². The van der Waals surface area contributed by atoms with Gasteiger partial charge in [-0.3, -0.25) is 4.68 Å². The Morgan fingerprint density at radius 1 is 1.47 bits per heavy atom. The van der Waals surface area contributed by atoms with E-state index in [9.17, 15) is 0 Å². The fourth-order valence-corrected chi connectivity index (χ4v) is 2.88. The zero-order chi connectivity index (χ0) is 12.3. The molecule has 0 aliphatic heterocycles. The highest BCUT2D eigenvalue weighted by molar-refractivity contribution is 5.23. The molecular weight excluding hydrogens is 212 g/mol. The van der Waals surface area contributed by atoms with Crippen molar-refractivity contribution in [2.24, 2.45) is 5.92 Å². The minimum atomic E-state index is 0.610. The summed E-state index contributed by atoms with van der Waals surface area (Å²) in [6.45, 7) is 4.36. The van der Waals surface area contributed by atoms with Crippen LogP contribution in [0.25, 0.3) is 0 Å². The van der Waals surface area contributed by atoms with E-state index in [1.165, 1.54) is 25.7 Å². The van der Waals surface area contributed by atoms with Gasteiger partial charge in [0.15, 0.2) is 0 Å². The van der Waals surface area contributed by atoms with Gasteiger partial charge in [0, 0.05) is 18.8 Å². The Bertz CT molecular complexity index is 347. The first-order chi connectivity index (χ1) is 8.16. The smallest absolute Gasteiger partial charge is 0.145 e. The molecule has 1 aliphatic rings. The largest absolute Gasteiger partial charge is 0.382 e. The third-order valence-electron chi connectivity index (χ3n) is 3.98. The van der Waals surface area contributed by atoms with Crippen LogP contribution in [0.15, 0.2) is 12.3 Å². The lowest BCUT2D eigenvalue weighted by molar-refractivity contribution is 0.134. The van der Waals surface area contributed by atoms with Gasteiger partial charge in [0.1, 0.15) is 5.82 Å². The molecule has 2 unspecified atom stereocenters. The van der Waals surface area contributed by atoms with Gasteiger partial charge < -0.3 is 10.6 Å². The van der Waals surface area contributed by atoms with Gasteiger partial charge in [-0.25, -0.2) is 0 Å². The van der Waals surface area contributed by atoms with E-state index in [-0.39, 0.29) is 0 Å². The van der Waals surface area contributed by atoms with Crippen molar-refractivity contribution in [1.29, 1.82) is 0 Å². The number of nitrogens with two attached hydrogens (primary N) is 1. The molecule has 1 aromatic heterocycles. The number of hydrogen-bond acceptors (Lipinski definition) is 3. The van der Waals surface area contributed by atoms with Gasteiger partial charge in [-0.15, -0.1) is 0 Å². The Morgan fingerprint density at radius 2 is 2.24 bits per heavy atom. The molecule has 0 spiro atoms. The molecule has 4 heteroatoms. The van der Waals surface area contributed by atoms with Crippen molar-refractivity contribution in [3.8, 4) is 0 Å². The predicted molar refractivity (Wildman–Crippen MR) is 70.7 cm³/mol. The molecule has 1 saturated carbocycles. The minimum Gasteiger partial charge on any atom is -0.382 e. The molecule has 0 saturated heterocycles. The van der Waals surface area contributed by atoms with Crippen molar-refractivity contribution in [1.82, 2.24) is 14.7 Å². The van der Waals surface area contributed by atoms with Gasteiger partial charge in [0.25, 0.3) is 0 Å². The van der Waals surface area contributed by atoms with Crippen LogP contribution in [0.3, 0.4) is 0 Å². The van der Waals surface area contributed by atoms with Crippen LogP contribution in [-0.2, 0) is 6.54 Å². The van der Waals surface area contributed by atoms with Gasteiger partial charge in [0.05, 0.1) is 6.54 Å². The SMILES string of the molecule is CC1CCCCC1N(C)CCn1ccc(N)n1. The fourth-order valence-electron chi connectivity index (χ4n) is 2.88. The van der Waals surface area contributed by atoms with Crippen LogP contribution < -0.4 is 5.73 Å². The number of nitrogen functional groups attached to an aromatic ring is 1. The van der Waals surface area contributed by atoms with Crippen LogP contribution >= 0.6 is 0 Å². The van der Waals surface area contributed by atoms with Crippen molar-refractivity contribution in [3.63, 3.8) is 0 Å². The summed E-state index contributed by atoms with van der Waals surface area (Å²) in [6.07, 6.45) is 7.46. The van der Waals surface area contributed by atoms with Gasteiger partial charge >= 0.3 is 0 Å². The quantitative estimate of drug-likeness (QED) is 0.869.